The van der Waals surface area contributed by atoms with Gasteiger partial charge in [-0.05, 0) is 46.6 Å². The molecule has 2 rings (SSSR count). The molecule has 16 heavy (non-hydrogen) atoms. The van der Waals surface area contributed by atoms with Gasteiger partial charge >= 0.3 is 0 Å². The summed E-state index contributed by atoms with van der Waals surface area (Å²) < 4.78 is 0.968. The van der Waals surface area contributed by atoms with Crippen LogP contribution in [0.1, 0.15) is 11.3 Å². The summed E-state index contributed by atoms with van der Waals surface area (Å²) in [4.78, 5) is 8.47. The van der Waals surface area contributed by atoms with Gasteiger partial charge in [0.15, 0.2) is 0 Å². The Morgan fingerprint density at radius 2 is 2.12 bits per heavy atom. The van der Waals surface area contributed by atoms with Gasteiger partial charge in [0.2, 0.25) is 0 Å². The normalized spacial score (nSPS) is 10.1. The second-order valence-electron chi connectivity index (χ2n) is 3.50. The van der Waals surface area contributed by atoms with E-state index in [0.717, 1.165) is 28.1 Å². The standard InChI is InChI=1S/C12H12BrN3/c1-9-4-5-10(7-15-9)8-16-12-11(13)3-2-6-14-12/h2-7H,8H2,1H3,(H,14,16). The Hall–Kier alpha value is -1.42. The van der Waals surface area contributed by atoms with Crippen molar-refractivity contribution in [3.8, 4) is 0 Å². The fraction of sp³-hybridized carbons (Fsp3) is 0.167. The van der Waals surface area contributed by atoms with Crippen LogP contribution < -0.4 is 5.32 Å². The molecular weight excluding hydrogens is 266 g/mol. The lowest BCUT2D eigenvalue weighted by molar-refractivity contribution is 1.06. The average molecular weight is 278 g/mol. The lowest BCUT2D eigenvalue weighted by Gasteiger charge is -2.06. The third kappa shape index (κ3) is 2.79. The molecule has 4 heteroatoms. The molecule has 0 aliphatic rings. The number of hydrogen-bond acceptors (Lipinski definition) is 3. The fourth-order valence-electron chi connectivity index (χ4n) is 1.30. The zero-order chi connectivity index (χ0) is 11.4. The molecule has 2 aromatic heterocycles. The first-order chi connectivity index (χ1) is 7.75. The molecule has 0 bridgehead atoms. The van der Waals surface area contributed by atoms with Crippen LogP contribution >= 0.6 is 15.9 Å². The van der Waals surface area contributed by atoms with Crippen LogP contribution in [0.5, 0.6) is 0 Å². The summed E-state index contributed by atoms with van der Waals surface area (Å²) in [6, 6.07) is 7.92. The third-order valence-corrected chi connectivity index (χ3v) is 2.83. The van der Waals surface area contributed by atoms with Crippen molar-refractivity contribution in [2.75, 3.05) is 5.32 Å². The Bertz CT molecular complexity index is 468. The van der Waals surface area contributed by atoms with Crippen molar-refractivity contribution in [2.24, 2.45) is 0 Å². The number of aromatic nitrogens is 2. The Morgan fingerprint density at radius 1 is 1.25 bits per heavy atom. The molecule has 0 fully saturated rings. The van der Waals surface area contributed by atoms with Crippen LogP contribution in [0.4, 0.5) is 5.82 Å². The van der Waals surface area contributed by atoms with Gasteiger partial charge in [0.05, 0.1) is 4.47 Å². The number of rotatable bonds is 3. The molecule has 2 heterocycles. The molecule has 0 radical (unpaired) electrons. The second-order valence-corrected chi connectivity index (χ2v) is 4.35. The van der Waals surface area contributed by atoms with E-state index < -0.39 is 0 Å². The minimum absolute atomic E-state index is 0.725. The maximum absolute atomic E-state index is 4.24. The summed E-state index contributed by atoms with van der Waals surface area (Å²) in [5.74, 6) is 0.850. The number of nitrogens with zero attached hydrogens (tertiary/aromatic N) is 2. The molecule has 2 aromatic rings. The molecule has 0 aliphatic heterocycles. The van der Waals surface area contributed by atoms with Crippen LogP contribution in [-0.4, -0.2) is 9.97 Å². The zero-order valence-electron chi connectivity index (χ0n) is 8.94. The summed E-state index contributed by atoms with van der Waals surface area (Å²) in [5.41, 5.74) is 2.17. The van der Waals surface area contributed by atoms with E-state index in [-0.39, 0.29) is 0 Å². The molecule has 0 atom stereocenters. The smallest absolute Gasteiger partial charge is 0.140 e. The van der Waals surface area contributed by atoms with Crippen LogP contribution in [0.3, 0.4) is 0 Å². The molecule has 3 nitrogen and oxygen atoms in total. The van der Waals surface area contributed by atoms with Crippen molar-refractivity contribution in [2.45, 2.75) is 13.5 Å². The molecule has 1 N–H and O–H groups in total. The minimum atomic E-state index is 0.725. The SMILES string of the molecule is Cc1ccc(CNc2ncccc2Br)cn1. The molecule has 0 spiro atoms. The van der Waals surface area contributed by atoms with E-state index in [9.17, 15) is 0 Å². The summed E-state index contributed by atoms with van der Waals surface area (Å²) in [7, 11) is 0. The molecule has 0 aliphatic carbocycles. The zero-order valence-corrected chi connectivity index (χ0v) is 10.5. The highest BCUT2D eigenvalue weighted by Crippen LogP contribution is 2.18. The van der Waals surface area contributed by atoms with Gasteiger partial charge in [-0.2, -0.15) is 0 Å². The molecule has 0 aromatic carbocycles. The van der Waals surface area contributed by atoms with Crippen LogP contribution in [-0.2, 0) is 6.54 Å². The van der Waals surface area contributed by atoms with Crippen molar-refractivity contribution in [3.63, 3.8) is 0 Å². The average Bonchev–Trinajstić information content (AvgIpc) is 2.30. The molecule has 0 saturated heterocycles. The summed E-state index contributed by atoms with van der Waals surface area (Å²) in [5, 5.41) is 3.25. The van der Waals surface area contributed by atoms with Gasteiger partial charge in [-0.15, -0.1) is 0 Å². The Kier molecular flexibility index (Phi) is 3.51. The maximum atomic E-state index is 4.24. The van der Waals surface area contributed by atoms with Crippen molar-refractivity contribution in [1.29, 1.82) is 0 Å². The molecule has 0 unspecified atom stereocenters. The van der Waals surface area contributed by atoms with E-state index in [4.69, 9.17) is 0 Å². The van der Waals surface area contributed by atoms with Gasteiger partial charge < -0.3 is 5.32 Å². The van der Waals surface area contributed by atoms with Gasteiger partial charge in [0, 0.05) is 24.6 Å². The van der Waals surface area contributed by atoms with E-state index in [1.54, 1.807) is 6.20 Å². The first-order valence-electron chi connectivity index (χ1n) is 5.01. The first-order valence-corrected chi connectivity index (χ1v) is 5.81. The van der Waals surface area contributed by atoms with Gasteiger partial charge in [-0.3, -0.25) is 4.98 Å². The predicted octanol–water partition coefficient (Wildman–Crippen LogP) is 3.16. The Morgan fingerprint density at radius 3 is 2.81 bits per heavy atom. The molecular formula is C12H12BrN3. The first kappa shape index (κ1) is 11.1. The van der Waals surface area contributed by atoms with Crippen molar-refractivity contribution in [1.82, 2.24) is 9.97 Å². The second kappa shape index (κ2) is 5.07. The van der Waals surface area contributed by atoms with Gasteiger partial charge in [0.25, 0.3) is 0 Å². The number of anilines is 1. The molecule has 0 saturated carbocycles. The van der Waals surface area contributed by atoms with Crippen molar-refractivity contribution < 1.29 is 0 Å². The summed E-state index contributed by atoms with van der Waals surface area (Å²) >= 11 is 3.44. The number of aryl methyl sites for hydroxylation is 1. The van der Waals surface area contributed by atoms with Crippen molar-refractivity contribution >= 4 is 21.7 Å². The lowest BCUT2D eigenvalue weighted by atomic mass is 10.2. The monoisotopic (exact) mass is 277 g/mol. The van der Waals surface area contributed by atoms with Crippen molar-refractivity contribution in [3.05, 3.63) is 52.4 Å². The minimum Gasteiger partial charge on any atom is -0.365 e. The molecule has 82 valence electrons. The van der Waals surface area contributed by atoms with E-state index in [1.165, 1.54) is 0 Å². The van der Waals surface area contributed by atoms with Gasteiger partial charge in [0.1, 0.15) is 5.82 Å². The number of hydrogen-bond donors (Lipinski definition) is 1. The summed E-state index contributed by atoms with van der Waals surface area (Å²) in [6.07, 6.45) is 3.64. The quantitative estimate of drug-likeness (QED) is 0.937. The van der Waals surface area contributed by atoms with E-state index >= 15 is 0 Å². The van der Waals surface area contributed by atoms with E-state index in [1.807, 2.05) is 31.3 Å². The lowest BCUT2D eigenvalue weighted by Crippen LogP contribution is -2.02. The largest absolute Gasteiger partial charge is 0.365 e. The van der Waals surface area contributed by atoms with E-state index in [0.29, 0.717) is 0 Å². The highest BCUT2D eigenvalue weighted by Gasteiger charge is 1.99. The molecule has 0 amide bonds. The Labute approximate surface area is 103 Å². The highest BCUT2D eigenvalue weighted by molar-refractivity contribution is 9.10. The van der Waals surface area contributed by atoms with Gasteiger partial charge in [-0.1, -0.05) is 6.07 Å². The maximum Gasteiger partial charge on any atom is 0.140 e. The third-order valence-electron chi connectivity index (χ3n) is 2.19. The van der Waals surface area contributed by atoms with Crippen LogP contribution in [0, 0.1) is 6.92 Å². The van der Waals surface area contributed by atoms with Crippen LogP contribution in [0.25, 0.3) is 0 Å². The number of nitrogens with one attached hydrogen (secondary N) is 1. The van der Waals surface area contributed by atoms with Crippen LogP contribution in [0.2, 0.25) is 0 Å². The Balaban J connectivity index is 2.02. The summed E-state index contributed by atoms with van der Waals surface area (Å²) in [6.45, 7) is 2.70. The highest BCUT2D eigenvalue weighted by atomic mass is 79.9. The van der Waals surface area contributed by atoms with Gasteiger partial charge in [-0.25, -0.2) is 4.98 Å². The predicted molar refractivity (Wildman–Crippen MR) is 68.2 cm³/mol. The number of pyridine rings is 2. The number of halogens is 1. The van der Waals surface area contributed by atoms with Crippen LogP contribution in [0.15, 0.2) is 41.1 Å². The van der Waals surface area contributed by atoms with E-state index in [2.05, 4.69) is 37.3 Å². The fourth-order valence-corrected chi connectivity index (χ4v) is 1.70. The topological polar surface area (TPSA) is 37.8 Å².